The fourth-order valence-electron chi connectivity index (χ4n) is 2.80. The van der Waals surface area contributed by atoms with Gasteiger partial charge in [0.15, 0.2) is 0 Å². The number of amides is 1. The maximum atomic E-state index is 11.6. The second-order valence-corrected chi connectivity index (χ2v) is 6.04. The van der Waals surface area contributed by atoms with Gasteiger partial charge in [-0.05, 0) is 37.6 Å². The zero-order valence-corrected chi connectivity index (χ0v) is 14.2. The van der Waals surface area contributed by atoms with E-state index >= 15 is 0 Å². The predicted molar refractivity (Wildman–Crippen MR) is 92.2 cm³/mol. The van der Waals surface area contributed by atoms with Gasteiger partial charge in [-0.15, -0.1) is 0 Å². The fraction of sp³-hybridized carbons (Fsp3) is 0.389. The molecule has 2 aromatic heterocycles. The van der Waals surface area contributed by atoms with Crippen molar-refractivity contribution in [1.82, 2.24) is 14.9 Å². The third kappa shape index (κ3) is 3.71. The Hall–Kier alpha value is -2.47. The first-order valence-corrected chi connectivity index (χ1v) is 8.07. The minimum Gasteiger partial charge on any atom is -0.368 e. The molecule has 0 radical (unpaired) electrons. The molecule has 1 amide bonds. The van der Waals surface area contributed by atoms with Crippen LogP contribution in [-0.2, 0) is 9.53 Å². The number of aryl methyl sites for hydroxylation is 2. The van der Waals surface area contributed by atoms with Gasteiger partial charge in [0.1, 0.15) is 11.9 Å². The zero-order chi connectivity index (χ0) is 17.1. The van der Waals surface area contributed by atoms with E-state index in [1.807, 2.05) is 38.1 Å². The number of rotatable bonds is 3. The fourth-order valence-corrected chi connectivity index (χ4v) is 2.80. The number of aromatic nitrogens is 2. The highest BCUT2D eigenvalue weighted by molar-refractivity contribution is 5.73. The van der Waals surface area contributed by atoms with E-state index in [0.717, 1.165) is 28.5 Å². The van der Waals surface area contributed by atoms with Gasteiger partial charge < -0.3 is 15.0 Å². The Morgan fingerprint density at radius 2 is 2.21 bits per heavy atom. The summed E-state index contributed by atoms with van der Waals surface area (Å²) in [6.07, 6.45) is 1.56. The van der Waals surface area contributed by atoms with Gasteiger partial charge >= 0.3 is 0 Å². The summed E-state index contributed by atoms with van der Waals surface area (Å²) in [4.78, 5) is 22.4. The van der Waals surface area contributed by atoms with Crippen LogP contribution in [0.2, 0.25) is 0 Å². The van der Waals surface area contributed by atoms with E-state index in [0.29, 0.717) is 19.7 Å². The lowest BCUT2D eigenvalue weighted by Crippen LogP contribution is -2.41. The zero-order valence-electron chi connectivity index (χ0n) is 14.2. The van der Waals surface area contributed by atoms with Crippen LogP contribution in [0.5, 0.6) is 0 Å². The Bertz CT molecular complexity index is 748. The summed E-state index contributed by atoms with van der Waals surface area (Å²) in [7, 11) is 0. The van der Waals surface area contributed by atoms with Crippen LogP contribution in [-0.4, -0.2) is 40.5 Å². The quantitative estimate of drug-likeness (QED) is 0.939. The molecule has 6 heteroatoms. The SMILES string of the molecule is CC(=O)N1CCO[C@H](c2cc(Nc3ncccc3C)cc(C)n2)C1. The van der Waals surface area contributed by atoms with Crippen LogP contribution in [0.3, 0.4) is 0 Å². The molecule has 1 fully saturated rings. The molecule has 126 valence electrons. The molecule has 0 unspecified atom stereocenters. The van der Waals surface area contributed by atoms with Crippen LogP contribution in [0.1, 0.15) is 30.0 Å². The van der Waals surface area contributed by atoms with Crippen LogP contribution in [0.15, 0.2) is 30.5 Å². The lowest BCUT2D eigenvalue weighted by molar-refractivity contribution is -0.136. The van der Waals surface area contributed by atoms with Gasteiger partial charge in [-0.2, -0.15) is 0 Å². The van der Waals surface area contributed by atoms with E-state index in [1.165, 1.54) is 0 Å². The number of nitrogens with zero attached hydrogens (tertiary/aromatic N) is 3. The highest BCUT2D eigenvalue weighted by Gasteiger charge is 2.25. The largest absolute Gasteiger partial charge is 0.368 e. The van der Waals surface area contributed by atoms with Crippen LogP contribution >= 0.6 is 0 Å². The first-order valence-electron chi connectivity index (χ1n) is 8.07. The standard InChI is InChI=1S/C18H22N4O2/c1-12-5-4-6-19-18(12)21-15-9-13(2)20-16(10-15)17-11-22(14(3)23)7-8-24-17/h4-6,9-10,17H,7-8,11H2,1-3H3,(H,19,20,21)/t17-/m0/s1. The van der Waals surface area contributed by atoms with E-state index in [-0.39, 0.29) is 12.0 Å². The van der Waals surface area contributed by atoms with Crippen LogP contribution in [0.4, 0.5) is 11.5 Å². The number of anilines is 2. The number of pyridine rings is 2. The summed E-state index contributed by atoms with van der Waals surface area (Å²) in [5.41, 5.74) is 3.72. The molecule has 1 atom stereocenters. The van der Waals surface area contributed by atoms with Crippen molar-refractivity contribution in [3.8, 4) is 0 Å². The molecule has 0 bridgehead atoms. The molecular weight excluding hydrogens is 304 g/mol. The maximum Gasteiger partial charge on any atom is 0.219 e. The third-order valence-electron chi connectivity index (χ3n) is 4.09. The van der Waals surface area contributed by atoms with Crippen molar-refractivity contribution in [3.05, 3.63) is 47.4 Å². The van der Waals surface area contributed by atoms with Crippen molar-refractivity contribution in [1.29, 1.82) is 0 Å². The third-order valence-corrected chi connectivity index (χ3v) is 4.09. The Kier molecular flexibility index (Phi) is 4.76. The number of carbonyl (C=O) groups is 1. The monoisotopic (exact) mass is 326 g/mol. The first-order chi connectivity index (χ1) is 11.5. The molecule has 0 aliphatic carbocycles. The van der Waals surface area contributed by atoms with Gasteiger partial charge in [0.2, 0.25) is 5.91 Å². The van der Waals surface area contributed by atoms with E-state index in [4.69, 9.17) is 4.74 Å². The Labute approximate surface area is 141 Å². The average molecular weight is 326 g/mol. The predicted octanol–water partition coefficient (Wildman–Crippen LogP) is 2.76. The van der Waals surface area contributed by atoms with Crippen molar-refractivity contribution < 1.29 is 9.53 Å². The molecule has 0 aromatic carbocycles. The van der Waals surface area contributed by atoms with E-state index in [2.05, 4.69) is 15.3 Å². The lowest BCUT2D eigenvalue weighted by atomic mass is 10.1. The molecule has 24 heavy (non-hydrogen) atoms. The van der Waals surface area contributed by atoms with Gasteiger partial charge in [-0.25, -0.2) is 4.98 Å². The Balaban J connectivity index is 1.84. The molecule has 3 rings (SSSR count). The van der Waals surface area contributed by atoms with E-state index in [1.54, 1.807) is 18.0 Å². The van der Waals surface area contributed by atoms with E-state index in [9.17, 15) is 4.79 Å². The molecule has 1 aliphatic rings. The van der Waals surface area contributed by atoms with E-state index < -0.39 is 0 Å². The van der Waals surface area contributed by atoms with Crippen molar-refractivity contribution in [3.63, 3.8) is 0 Å². The average Bonchev–Trinajstić information content (AvgIpc) is 2.56. The number of ether oxygens (including phenoxy) is 1. The van der Waals surface area contributed by atoms with Crippen molar-refractivity contribution in [2.24, 2.45) is 0 Å². The number of hydrogen-bond acceptors (Lipinski definition) is 5. The first kappa shape index (κ1) is 16.4. The Morgan fingerprint density at radius 3 is 2.96 bits per heavy atom. The summed E-state index contributed by atoms with van der Waals surface area (Å²) in [5, 5.41) is 3.34. The second kappa shape index (κ2) is 6.97. The molecule has 6 nitrogen and oxygen atoms in total. The molecule has 1 aliphatic heterocycles. The molecule has 3 heterocycles. The normalized spacial score (nSPS) is 17.6. The van der Waals surface area contributed by atoms with Crippen LogP contribution in [0, 0.1) is 13.8 Å². The molecular formula is C18H22N4O2. The van der Waals surface area contributed by atoms with Crippen molar-refractivity contribution in [2.75, 3.05) is 25.0 Å². The number of nitrogens with one attached hydrogen (secondary N) is 1. The van der Waals surface area contributed by atoms with Gasteiger partial charge in [0.05, 0.1) is 18.8 Å². The highest BCUT2D eigenvalue weighted by atomic mass is 16.5. The minimum atomic E-state index is -0.201. The molecule has 1 N–H and O–H groups in total. The number of morpholine rings is 1. The van der Waals surface area contributed by atoms with Crippen molar-refractivity contribution >= 4 is 17.4 Å². The summed E-state index contributed by atoms with van der Waals surface area (Å²) < 4.78 is 5.83. The summed E-state index contributed by atoms with van der Waals surface area (Å²) in [5.74, 6) is 0.891. The Morgan fingerprint density at radius 1 is 1.38 bits per heavy atom. The van der Waals surface area contributed by atoms with Gasteiger partial charge in [0.25, 0.3) is 0 Å². The minimum absolute atomic E-state index is 0.0680. The number of carbonyl (C=O) groups excluding carboxylic acids is 1. The van der Waals surface area contributed by atoms with Crippen molar-refractivity contribution in [2.45, 2.75) is 26.9 Å². The highest BCUT2D eigenvalue weighted by Crippen LogP contribution is 2.25. The van der Waals surface area contributed by atoms with Gasteiger partial charge in [-0.3, -0.25) is 9.78 Å². The molecule has 2 aromatic rings. The van der Waals surface area contributed by atoms with Crippen LogP contribution < -0.4 is 5.32 Å². The van der Waals surface area contributed by atoms with Gasteiger partial charge in [-0.1, -0.05) is 6.07 Å². The smallest absolute Gasteiger partial charge is 0.219 e. The topological polar surface area (TPSA) is 67.3 Å². The van der Waals surface area contributed by atoms with Crippen LogP contribution in [0.25, 0.3) is 0 Å². The summed E-state index contributed by atoms with van der Waals surface area (Å²) >= 11 is 0. The molecule has 0 spiro atoms. The lowest BCUT2D eigenvalue weighted by Gasteiger charge is -2.32. The number of hydrogen-bond donors (Lipinski definition) is 1. The second-order valence-electron chi connectivity index (χ2n) is 6.04. The maximum absolute atomic E-state index is 11.6. The van der Waals surface area contributed by atoms with Gasteiger partial charge in [0, 0.05) is 31.0 Å². The summed E-state index contributed by atoms with van der Waals surface area (Å²) in [6, 6.07) is 7.87. The molecule has 1 saturated heterocycles. The summed E-state index contributed by atoms with van der Waals surface area (Å²) in [6.45, 7) is 7.25. The molecule has 0 saturated carbocycles.